The molecule has 0 radical (unpaired) electrons. The van der Waals surface area contributed by atoms with Crippen molar-refractivity contribution in [3.05, 3.63) is 5.28 Å². The van der Waals surface area contributed by atoms with Gasteiger partial charge in [-0.15, -0.1) is 0 Å². The van der Waals surface area contributed by atoms with Gasteiger partial charge in [0.25, 0.3) is 0 Å². The highest BCUT2D eigenvalue weighted by molar-refractivity contribution is 6.28. The summed E-state index contributed by atoms with van der Waals surface area (Å²) in [5.74, 6) is 1.15. The zero-order valence-corrected chi connectivity index (χ0v) is 13.4. The van der Waals surface area contributed by atoms with Crippen molar-refractivity contribution in [1.82, 2.24) is 19.9 Å². The number of likely N-dealkylation sites (N-methyl/N-ethyl adjacent to an activating group) is 2. The molecule has 1 N–H and O–H groups in total. The second-order valence-corrected chi connectivity index (χ2v) is 5.92. The van der Waals surface area contributed by atoms with Crippen LogP contribution in [0.15, 0.2) is 0 Å². The average Bonchev–Trinajstić information content (AvgIpc) is 2.32. The minimum absolute atomic E-state index is 0.227. The van der Waals surface area contributed by atoms with Gasteiger partial charge < -0.3 is 15.1 Å². The van der Waals surface area contributed by atoms with Crippen molar-refractivity contribution in [2.75, 3.05) is 44.4 Å². The van der Waals surface area contributed by atoms with E-state index in [2.05, 4.69) is 44.2 Å². The fourth-order valence-corrected chi connectivity index (χ4v) is 2.75. The summed E-state index contributed by atoms with van der Waals surface area (Å²) < 4.78 is 0. The second kappa shape index (κ2) is 6.10. The van der Waals surface area contributed by atoms with Crippen LogP contribution in [0.25, 0.3) is 0 Å². The van der Waals surface area contributed by atoms with Crippen LogP contribution in [0.5, 0.6) is 0 Å². The van der Waals surface area contributed by atoms with Gasteiger partial charge in [0.15, 0.2) is 0 Å². The molecule has 0 spiro atoms. The van der Waals surface area contributed by atoms with E-state index in [1.54, 1.807) is 0 Å². The van der Waals surface area contributed by atoms with Crippen molar-refractivity contribution in [1.29, 1.82) is 0 Å². The number of rotatable bonds is 6. The first-order valence-electron chi connectivity index (χ1n) is 7.01. The summed E-state index contributed by atoms with van der Waals surface area (Å²) in [6.07, 6.45) is 3.71. The maximum atomic E-state index is 5.97. The molecule has 0 saturated heterocycles. The van der Waals surface area contributed by atoms with Crippen molar-refractivity contribution in [2.45, 2.75) is 31.7 Å². The second-order valence-electron chi connectivity index (χ2n) is 5.59. The Morgan fingerprint density at radius 1 is 1.20 bits per heavy atom. The summed E-state index contributed by atoms with van der Waals surface area (Å²) in [5.41, 5.74) is 0.228. The van der Waals surface area contributed by atoms with Crippen LogP contribution in [0, 0.1) is 0 Å². The van der Waals surface area contributed by atoms with E-state index in [9.17, 15) is 0 Å². The van der Waals surface area contributed by atoms with E-state index < -0.39 is 0 Å². The Morgan fingerprint density at radius 3 is 2.40 bits per heavy atom. The Morgan fingerprint density at radius 2 is 1.90 bits per heavy atom. The fraction of sp³-hybridized carbons (Fsp3) is 0.769. The predicted molar refractivity (Wildman–Crippen MR) is 82.5 cm³/mol. The van der Waals surface area contributed by atoms with Gasteiger partial charge in [0.1, 0.15) is 0 Å². The SMILES string of the molecule is CCNc1nc(Cl)nc(N(C)CC2(N(C)C)CCC2)n1. The van der Waals surface area contributed by atoms with E-state index in [0.717, 1.165) is 13.1 Å². The number of hydrogen-bond donors (Lipinski definition) is 1. The third kappa shape index (κ3) is 3.12. The molecule has 1 saturated carbocycles. The van der Waals surface area contributed by atoms with Crippen LogP contribution in [-0.4, -0.2) is 59.6 Å². The minimum Gasteiger partial charge on any atom is -0.354 e. The van der Waals surface area contributed by atoms with Gasteiger partial charge in [0.05, 0.1) is 0 Å². The monoisotopic (exact) mass is 298 g/mol. The van der Waals surface area contributed by atoms with E-state index in [1.165, 1.54) is 19.3 Å². The topological polar surface area (TPSA) is 57.2 Å². The van der Waals surface area contributed by atoms with Gasteiger partial charge in [-0.2, -0.15) is 15.0 Å². The van der Waals surface area contributed by atoms with Crippen molar-refractivity contribution < 1.29 is 0 Å². The zero-order chi connectivity index (χ0) is 14.8. The summed E-state index contributed by atoms with van der Waals surface area (Å²) in [6.45, 7) is 3.65. The maximum Gasteiger partial charge on any atom is 0.231 e. The van der Waals surface area contributed by atoms with Crippen LogP contribution in [0.4, 0.5) is 11.9 Å². The van der Waals surface area contributed by atoms with Crippen LogP contribution < -0.4 is 10.2 Å². The molecule has 0 unspecified atom stereocenters. The lowest BCUT2D eigenvalue weighted by Crippen LogP contribution is -2.57. The number of nitrogens with one attached hydrogen (secondary N) is 1. The number of nitrogens with zero attached hydrogens (tertiary/aromatic N) is 5. The Kier molecular flexibility index (Phi) is 4.65. The van der Waals surface area contributed by atoms with Crippen LogP contribution in [0.3, 0.4) is 0 Å². The predicted octanol–water partition coefficient (Wildman–Crippen LogP) is 1.88. The van der Waals surface area contributed by atoms with Gasteiger partial charge in [0, 0.05) is 25.7 Å². The van der Waals surface area contributed by atoms with Crippen molar-refractivity contribution in [3.8, 4) is 0 Å². The number of halogens is 1. The molecule has 0 aromatic carbocycles. The molecule has 1 aliphatic rings. The molecule has 0 bridgehead atoms. The summed E-state index contributed by atoms with van der Waals surface area (Å²) in [4.78, 5) is 17.1. The Hall–Kier alpha value is -1.14. The molecular weight excluding hydrogens is 276 g/mol. The molecule has 20 heavy (non-hydrogen) atoms. The van der Waals surface area contributed by atoms with Crippen LogP contribution in [0.2, 0.25) is 5.28 Å². The molecule has 0 amide bonds. The van der Waals surface area contributed by atoms with Gasteiger partial charge in [-0.3, -0.25) is 0 Å². The highest BCUT2D eigenvalue weighted by atomic mass is 35.5. The van der Waals surface area contributed by atoms with Crippen LogP contribution >= 0.6 is 11.6 Å². The van der Waals surface area contributed by atoms with Gasteiger partial charge >= 0.3 is 0 Å². The van der Waals surface area contributed by atoms with Gasteiger partial charge in [-0.25, -0.2) is 0 Å². The van der Waals surface area contributed by atoms with Gasteiger partial charge in [0.2, 0.25) is 17.2 Å². The van der Waals surface area contributed by atoms with E-state index in [-0.39, 0.29) is 10.8 Å². The summed E-state index contributed by atoms with van der Waals surface area (Å²) >= 11 is 5.97. The Balaban J connectivity index is 2.14. The smallest absolute Gasteiger partial charge is 0.231 e. The lowest BCUT2D eigenvalue weighted by molar-refractivity contribution is 0.0680. The molecule has 2 rings (SSSR count). The standard InChI is InChI=1S/C13H23ClN6/c1-5-15-11-16-10(14)17-12(18-11)20(4)9-13(19(2)3)7-6-8-13/h5-9H2,1-4H3,(H,15,16,17,18). The number of hydrogen-bond acceptors (Lipinski definition) is 6. The molecule has 0 aliphatic heterocycles. The maximum absolute atomic E-state index is 5.97. The fourth-order valence-electron chi connectivity index (χ4n) is 2.59. The first-order chi connectivity index (χ1) is 9.47. The van der Waals surface area contributed by atoms with E-state index in [0.29, 0.717) is 11.9 Å². The average molecular weight is 299 g/mol. The van der Waals surface area contributed by atoms with Gasteiger partial charge in [-0.1, -0.05) is 0 Å². The molecule has 1 aromatic rings. The minimum atomic E-state index is 0.227. The molecule has 1 aliphatic carbocycles. The highest BCUT2D eigenvalue weighted by Crippen LogP contribution is 2.37. The normalized spacial score (nSPS) is 16.9. The van der Waals surface area contributed by atoms with Crippen LogP contribution in [-0.2, 0) is 0 Å². The lowest BCUT2D eigenvalue weighted by atomic mass is 9.75. The zero-order valence-electron chi connectivity index (χ0n) is 12.6. The largest absolute Gasteiger partial charge is 0.354 e. The molecule has 0 atom stereocenters. The van der Waals surface area contributed by atoms with Crippen molar-refractivity contribution >= 4 is 23.5 Å². The van der Waals surface area contributed by atoms with E-state index in [1.807, 2.05) is 14.0 Å². The molecule has 7 heteroatoms. The number of aromatic nitrogens is 3. The summed E-state index contributed by atoms with van der Waals surface area (Å²) in [7, 11) is 6.28. The molecule has 112 valence electrons. The molecule has 1 fully saturated rings. The van der Waals surface area contributed by atoms with E-state index in [4.69, 9.17) is 11.6 Å². The summed E-state index contributed by atoms with van der Waals surface area (Å²) in [6, 6.07) is 0. The molecule has 6 nitrogen and oxygen atoms in total. The Labute approximate surface area is 125 Å². The molecular formula is C13H23ClN6. The quantitative estimate of drug-likeness (QED) is 0.865. The first-order valence-corrected chi connectivity index (χ1v) is 7.38. The van der Waals surface area contributed by atoms with Crippen molar-refractivity contribution in [3.63, 3.8) is 0 Å². The third-order valence-electron chi connectivity index (χ3n) is 4.04. The highest BCUT2D eigenvalue weighted by Gasteiger charge is 2.40. The van der Waals surface area contributed by atoms with E-state index >= 15 is 0 Å². The molecule has 1 aromatic heterocycles. The number of anilines is 2. The molecule has 1 heterocycles. The van der Waals surface area contributed by atoms with Crippen molar-refractivity contribution in [2.24, 2.45) is 0 Å². The summed E-state index contributed by atoms with van der Waals surface area (Å²) in [5, 5.41) is 3.30. The third-order valence-corrected chi connectivity index (χ3v) is 4.21. The lowest BCUT2D eigenvalue weighted by Gasteiger charge is -2.49. The van der Waals surface area contributed by atoms with Gasteiger partial charge in [-0.05, 0) is 51.9 Å². The van der Waals surface area contributed by atoms with Crippen LogP contribution in [0.1, 0.15) is 26.2 Å². The first kappa shape index (κ1) is 15.3. The Bertz CT molecular complexity index is 460.